The van der Waals surface area contributed by atoms with Gasteiger partial charge in [-0.1, -0.05) is 45.9 Å². The van der Waals surface area contributed by atoms with Gasteiger partial charge in [0.2, 0.25) is 11.6 Å². The number of phenols is 1. The number of fused-ring (bicyclic) bond motifs is 14. The van der Waals surface area contributed by atoms with Gasteiger partial charge in [-0.15, -0.1) is 0 Å². The lowest BCUT2D eigenvalue weighted by Gasteiger charge is -2.38. The number of carbonyl (C=O) groups excluding carboxylic acids is 5. The zero-order valence-corrected chi connectivity index (χ0v) is 33.2. The average Bonchev–Trinajstić information content (AvgIpc) is 3.43. The number of aromatic hydroxyl groups is 1. The third-order valence-electron chi connectivity index (χ3n) is 11.3. The van der Waals surface area contributed by atoms with E-state index < -0.39 is 94.4 Å². The number of esters is 1. The SMILES string of the molecule is COC1/C=C/OC2(C)Oc3c(C)c(O)c4c(c3C2=O)C(=O)C(N2CCOCC2)=C(NC(=O)/C(C)=C\C=C\C(C)C(O)C(C)C(O)C(C)C(OC(C)=O)C1C)C4=O. The second kappa shape index (κ2) is 16.7. The number of morpholine rings is 1. The number of Topliss-reactive ketones (excluding diaryl/α,β-unsaturated/α-hetero) is 3. The summed E-state index contributed by atoms with van der Waals surface area (Å²) in [6, 6.07) is 0. The first-order chi connectivity index (χ1) is 26.4. The summed E-state index contributed by atoms with van der Waals surface area (Å²) >= 11 is 0. The lowest BCUT2D eigenvalue weighted by atomic mass is 9.78. The summed E-state index contributed by atoms with van der Waals surface area (Å²) < 4.78 is 28.9. The highest BCUT2D eigenvalue weighted by atomic mass is 16.7. The van der Waals surface area contributed by atoms with Gasteiger partial charge in [-0.05, 0) is 19.9 Å². The number of phenolic OH excluding ortho intramolecular Hbond substituents is 1. The molecule has 4 aliphatic heterocycles. The summed E-state index contributed by atoms with van der Waals surface area (Å²) in [7, 11) is 1.43. The number of carbonyl (C=O) groups is 5. The van der Waals surface area contributed by atoms with Crippen molar-refractivity contribution in [2.45, 2.75) is 85.6 Å². The molecule has 1 saturated heterocycles. The smallest absolute Gasteiger partial charge is 0.312 e. The van der Waals surface area contributed by atoms with Crippen molar-refractivity contribution in [2.24, 2.45) is 23.7 Å². The second-order valence-electron chi connectivity index (χ2n) is 15.1. The average molecular weight is 781 g/mol. The first kappa shape index (κ1) is 42.3. The standard InChI is InChI=1S/C41H52N2O13/c1-19-11-10-12-20(2)40(51)42-30-31(43-14-17-53-18-15-43)36(49)27-28(35(30)48)34(47)24(6)38-29(27)39(50)41(8,56-38)54-16-13-26(52-9)21(3)37(55-25(7)44)23(5)33(46)22(4)32(19)45/h10-13,16,19,21-23,26,32-33,37,45-47H,14-15,17-18H2,1-9H3,(H,42,51)/b11-10+,16-13+,20-12-. The second-order valence-corrected chi connectivity index (χ2v) is 15.1. The molecule has 0 radical (unpaired) electrons. The molecule has 4 N–H and O–H groups in total. The van der Waals surface area contributed by atoms with Crippen molar-refractivity contribution in [3.05, 3.63) is 69.8 Å². The molecule has 4 heterocycles. The number of allylic oxidation sites excluding steroid dienone is 4. The lowest BCUT2D eigenvalue weighted by molar-refractivity contribution is -0.160. The van der Waals surface area contributed by atoms with Gasteiger partial charge < -0.3 is 49.2 Å². The van der Waals surface area contributed by atoms with E-state index in [-0.39, 0.29) is 65.7 Å². The van der Waals surface area contributed by atoms with Crippen LogP contribution in [-0.4, -0.2) is 113 Å². The van der Waals surface area contributed by atoms with E-state index in [1.807, 2.05) is 0 Å². The van der Waals surface area contributed by atoms with E-state index in [2.05, 4.69) is 5.32 Å². The van der Waals surface area contributed by atoms with Gasteiger partial charge >= 0.3 is 11.8 Å². The third kappa shape index (κ3) is 7.77. The molecule has 9 atom stereocenters. The number of benzene rings is 1. The zero-order valence-electron chi connectivity index (χ0n) is 33.2. The largest absolute Gasteiger partial charge is 0.507 e. The molecule has 0 aromatic heterocycles. The van der Waals surface area contributed by atoms with Gasteiger partial charge in [-0.3, -0.25) is 24.0 Å². The molecule has 6 rings (SSSR count). The molecule has 1 aromatic carbocycles. The summed E-state index contributed by atoms with van der Waals surface area (Å²) in [4.78, 5) is 70.9. The number of methoxy groups -OCH3 is 1. The topological polar surface area (TPSA) is 207 Å². The van der Waals surface area contributed by atoms with Gasteiger partial charge in [-0.2, -0.15) is 0 Å². The highest BCUT2D eigenvalue weighted by Gasteiger charge is 2.53. The van der Waals surface area contributed by atoms with E-state index in [1.165, 1.54) is 53.2 Å². The minimum atomic E-state index is -2.07. The lowest BCUT2D eigenvalue weighted by Crippen LogP contribution is -2.46. The molecule has 56 heavy (non-hydrogen) atoms. The Morgan fingerprint density at radius 3 is 2.21 bits per heavy atom. The van der Waals surface area contributed by atoms with Gasteiger partial charge in [0.15, 0.2) is 0 Å². The van der Waals surface area contributed by atoms with E-state index in [9.17, 15) is 39.3 Å². The van der Waals surface area contributed by atoms with Gasteiger partial charge in [0.1, 0.15) is 29.0 Å². The number of aliphatic hydroxyl groups excluding tert-OH is 2. The minimum Gasteiger partial charge on any atom is -0.507 e. The Balaban J connectivity index is 1.67. The maximum absolute atomic E-state index is 14.6. The van der Waals surface area contributed by atoms with E-state index in [4.69, 9.17) is 23.7 Å². The number of nitrogens with one attached hydrogen (secondary N) is 1. The number of aliphatic hydroxyl groups is 2. The summed E-state index contributed by atoms with van der Waals surface area (Å²) in [5.41, 5.74) is -1.47. The predicted molar refractivity (Wildman–Crippen MR) is 201 cm³/mol. The highest BCUT2D eigenvalue weighted by molar-refractivity contribution is 6.32. The molecular weight excluding hydrogens is 728 g/mol. The van der Waals surface area contributed by atoms with Crippen LogP contribution in [0.15, 0.2) is 47.5 Å². The summed E-state index contributed by atoms with van der Waals surface area (Å²) in [5.74, 6) is -9.09. The number of ether oxygens (including phenoxy) is 5. The number of hydrogen-bond donors (Lipinski definition) is 4. The van der Waals surface area contributed by atoms with Crippen LogP contribution in [0.1, 0.15) is 85.1 Å². The highest BCUT2D eigenvalue weighted by Crippen LogP contribution is 2.49. The summed E-state index contributed by atoms with van der Waals surface area (Å²) in [6.45, 7) is 13.2. The van der Waals surface area contributed by atoms with Crippen molar-refractivity contribution in [3.63, 3.8) is 0 Å². The van der Waals surface area contributed by atoms with Crippen LogP contribution in [0.25, 0.3) is 0 Å². The fourth-order valence-corrected chi connectivity index (χ4v) is 7.76. The van der Waals surface area contributed by atoms with E-state index >= 15 is 0 Å². The van der Waals surface area contributed by atoms with Crippen molar-refractivity contribution in [1.29, 1.82) is 0 Å². The number of nitrogens with zero attached hydrogens (tertiary/aromatic N) is 1. The zero-order chi connectivity index (χ0) is 41.4. The maximum Gasteiger partial charge on any atom is 0.312 e. The Morgan fingerprint density at radius 1 is 0.929 bits per heavy atom. The van der Waals surface area contributed by atoms with E-state index in [1.54, 1.807) is 44.7 Å². The Labute approximate surface area is 325 Å². The molecule has 9 unspecified atom stereocenters. The van der Waals surface area contributed by atoms with Crippen LogP contribution in [0.4, 0.5) is 0 Å². The molecule has 15 nitrogen and oxygen atoms in total. The van der Waals surface area contributed by atoms with Crippen molar-refractivity contribution in [3.8, 4) is 11.5 Å². The number of amides is 1. The number of hydrogen-bond acceptors (Lipinski definition) is 14. The minimum absolute atomic E-state index is 0.00230. The Bertz CT molecular complexity index is 1910. The molecule has 1 aliphatic carbocycles. The molecule has 1 fully saturated rings. The van der Waals surface area contributed by atoms with E-state index in [0.717, 1.165) is 0 Å². The Morgan fingerprint density at radius 2 is 1.59 bits per heavy atom. The maximum atomic E-state index is 14.6. The molecule has 0 spiro atoms. The fourth-order valence-electron chi connectivity index (χ4n) is 7.76. The van der Waals surface area contributed by atoms with Crippen LogP contribution < -0.4 is 10.1 Å². The summed E-state index contributed by atoms with van der Waals surface area (Å²) in [5, 5.41) is 36.9. The van der Waals surface area contributed by atoms with Gasteiger partial charge in [0, 0.05) is 68.9 Å². The molecule has 5 aliphatic rings. The Hall–Kier alpha value is -4.83. The van der Waals surface area contributed by atoms with Crippen molar-refractivity contribution in [1.82, 2.24) is 10.2 Å². The first-order valence-electron chi connectivity index (χ1n) is 18.7. The fraction of sp³-hybridized carbons (Fsp3) is 0.537. The summed E-state index contributed by atoms with van der Waals surface area (Å²) in [6.07, 6.45) is 3.44. The van der Waals surface area contributed by atoms with Crippen molar-refractivity contribution in [2.75, 3.05) is 33.4 Å². The predicted octanol–water partition coefficient (Wildman–Crippen LogP) is 3.29. The first-order valence-corrected chi connectivity index (χ1v) is 18.7. The molecule has 1 aromatic rings. The van der Waals surface area contributed by atoms with Gasteiger partial charge in [-0.25, -0.2) is 0 Å². The van der Waals surface area contributed by atoms with Crippen LogP contribution in [0, 0.1) is 30.6 Å². The van der Waals surface area contributed by atoms with Crippen molar-refractivity contribution < 1.29 is 63.0 Å². The molecule has 0 saturated carbocycles. The molecule has 5 bridgehead atoms. The van der Waals surface area contributed by atoms with Crippen molar-refractivity contribution >= 4 is 29.2 Å². The quantitative estimate of drug-likeness (QED) is 0.325. The normalized spacial score (nSPS) is 33.9. The van der Waals surface area contributed by atoms with E-state index in [0.29, 0.717) is 0 Å². The van der Waals surface area contributed by atoms with Crippen LogP contribution >= 0.6 is 0 Å². The molecule has 15 heteroatoms. The number of ketones is 3. The molecule has 1 amide bonds. The monoisotopic (exact) mass is 780 g/mol. The van der Waals surface area contributed by atoms with Crippen LogP contribution in [0.2, 0.25) is 0 Å². The van der Waals surface area contributed by atoms with Gasteiger partial charge in [0.05, 0.1) is 54.5 Å². The number of rotatable bonds is 3. The molecular formula is C41H52N2O13. The van der Waals surface area contributed by atoms with Crippen LogP contribution in [-0.2, 0) is 28.5 Å². The Kier molecular flexibility index (Phi) is 12.6. The van der Waals surface area contributed by atoms with Crippen LogP contribution in [0.5, 0.6) is 11.5 Å². The van der Waals surface area contributed by atoms with Crippen LogP contribution in [0.3, 0.4) is 0 Å². The van der Waals surface area contributed by atoms with Gasteiger partial charge in [0.25, 0.3) is 11.7 Å². The third-order valence-corrected chi connectivity index (χ3v) is 11.3. The molecule has 304 valence electrons.